The minimum atomic E-state index is -1.28. The van der Waals surface area contributed by atoms with Crippen molar-refractivity contribution in [3.8, 4) is 23.0 Å². The van der Waals surface area contributed by atoms with Gasteiger partial charge in [0.2, 0.25) is 11.8 Å². The summed E-state index contributed by atoms with van der Waals surface area (Å²) in [7, 11) is 1.53. The molecule has 222 valence electrons. The number of pyridine rings is 1. The fourth-order valence-corrected chi connectivity index (χ4v) is 4.72. The van der Waals surface area contributed by atoms with Gasteiger partial charge in [0, 0.05) is 35.1 Å². The third-order valence-electron chi connectivity index (χ3n) is 7.36. The Hall–Kier alpha value is -5.51. The van der Waals surface area contributed by atoms with E-state index in [9.17, 15) is 14.0 Å². The van der Waals surface area contributed by atoms with E-state index in [1.54, 1.807) is 24.4 Å². The molecule has 0 atom stereocenters. The largest absolute Gasteiger partial charge is 0.493 e. The van der Waals surface area contributed by atoms with Gasteiger partial charge in [0.15, 0.2) is 23.1 Å². The molecule has 2 N–H and O–H groups in total. The molecule has 0 saturated heterocycles. The first-order valence-electron chi connectivity index (χ1n) is 13.8. The Labute approximate surface area is 251 Å². The second-order valence-corrected chi connectivity index (χ2v) is 10.3. The van der Waals surface area contributed by atoms with Crippen LogP contribution in [0.2, 0.25) is 0 Å². The van der Waals surface area contributed by atoms with E-state index >= 15 is 4.39 Å². The number of hydrogen-bond acceptors (Lipinski definition) is 6. The predicted octanol–water partition coefficient (Wildman–Crippen LogP) is 7.25. The van der Waals surface area contributed by atoms with E-state index in [2.05, 4.69) is 15.6 Å². The summed E-state index contributed by atoms with van der Waals surface area (Å²) in [6, 6.07) is 24.0. The second kappa shape index (κ2) is 12.0. The zero-order chi connectivity index (χ0) is 30.7. The number of aromatic nitrogens is 1. The number of fused-ring (bicyclic) bond motifs is 1. The van der Waals surface area contributed by atoms with Crippen molar-refractivity contribution in [2.24, 2.45) is 5.41 Å². The van der Waals surface area contributed by atoms with Crippen LogP contribution in [-0.2, 0) is 16.2 Å². The molecule has 1 aliphatic carbocycles. The molecule has 8 nitrogen and oxygen atoms in total. The molecule has 1 saturated carbocycles. The van der Waals surface area contributed by atoms with Crippen molar-refractivity contribution in [3.63, 3.8) is 0 Å². The number of nitrogens with one attached hydrogen (secondary N) is 2. The van der Waals surface area contributed by atoms with Crippen LogP contribution in [0.25, 0.3) is 10.9 Å². The molecular formula is C34H27F2N3O5. The number of rotatable bonds is 10. The molecule has 44 heavy (non-hydrogen) atoms. The van der Waals surface area contributed by atoms with Gasteiger partial charge in [-0.3, -0.25) is 14.6 Å². The fraction of sp³-hybridized carbons (Fsp3) is 0.147. The van der Waals surface area contributed by atoms with E-state index in [4.69, 9.17) is 14.2 Å². The van der Waals surface area contributed by atoms with E-state index < -0.39 is 28.9 Å². The van der Waals surface area contributed by atoms with Crippen LogP contribution in [0.5, 0.6) is 23.0 Å². The summed E-state index contributed by atoms with van der Waals surface area (Å²) in [4.78, 5) is 30.3. The lowest BCUT2D eigenvalue weighted by Gasteiger charge is -2.16. The second-order valence-electron chi connectivity index (χ2n) is 10.3. The van der Waals surface area contributed by atoms with Crippen molar-refractivity contribution >= 4 is 34.1 Å². The summed E-state index contributed by atoms with van der Waals surface area (Å²) in [5.74, 6) is -0.989. The molecule has 5 aromatic rings. The highest BCUT2D eigenvalue weighted by molar-refractivity contribution is 6.16. The van der Waals surface area contributed by atoms with Gasteiger partial charge in [0.1, 0.15) is 23.6 Å². The van der Waals surface area contributed by atoms with Crippen molar-refractivity contribution in [1.82, 2.24) is 4.98 Å². The van der Waals surface area contributed by atoms with Gasteiger partial charge in [-0.2, -0.15) is 0 Å². The number of hydrogen-bond donors (Lipinski definition) is 2. The van der Waals surface area contributed by atoms with Crippen LogP contribution >= 0.6 is 0 Å². The van der Waals surface area contributed by atoms with E-state index in [1.807, 2.05) is 30.3 Å². The number of amides is 2. The molecule has 0 unspecified atom stereocenters. The standard InChI is InChI=1S/C34H27F2N3O5/c1-42-30-18-25-27(19-31(30)43-20-21-5-3-2-4-6-21)37-16-13-28(25)44-29-12-11-24(17-26(29)36)39-33(41)34(14-15-34)32(40)38-23-9-7-22(35)8-10-23/h2-13,16-19H,14-15,20H2,1H3,(H,38,40)(H,39,41). The molecule has 1 heterocycles. The Morgan fingerprint density at radius 2 is 1.50 bits per heavy atom. The molecule has 10 heteroatoms. The Balaban J connectivity index is 1.15. The van der Waals surface area contributed by atoms with Crippen molar-refractivity contribution in [3.05, 3.63) is 114 Å². The third kappa shape index (κ3) is 6.00. The molecule has 1 aliphatic rings. The average molecular weight is 596 g/mol. The SMILES string of the molecule is COc1cc2c(Oc3ccc(NC(=O)C4(C(=O)Nc5ccc(F)cc5)CC4)cc3F)ccnc2cc1OCc1ccccc1. The molecule has 1 fully saturated rings. The van der Waals surface area contributed by atoms with E-state index in [0.717, 1.165) is 11.6 Å². The number of nitrogens with zero attached hydrogens (tertiary/aromatic N) is 1. The fourth-order valence-electron chi connectivity index (χ4n) is 4.72. The van der Waals surface area contributed by atoms with Gasteiger partial charge in [0.05, 0.1) is 12.6 Å². The molecule has 4 aromatic carbocycles. The average Bonchev–Trinajstić information content (AvgIpc) is 3.85. The molecule has 6 rings (SSSR count). The number of methoxy groups -OCH3 is 1. The van der Waals surface area contributed by atoms with Gasteiger partial charge in [-0.05, 0) is 66.9 Å². The van der Waals surface area contributed by atoms with Gasteiger partial charge >= 0.3 is 0 Å². The van der Waals surface area contributed by atoms with Crippen molar-refractivity contribution in [2.45, 2.75) is 19.4 Å². The summed E-state index contributed by atoms with van der Waals surface area (Å²) < 4.78 is 45.8. The van der Waals surface area contributed by atoms with Crippen molar-refractivity contribution in [2.75, 3.05) is 17.7 Å². The topological polar surface area (TPSA) is 98.8 Å². The number of carbonyl (C=O) groups is 2. The minimum Gasteiger partial charge on any atom is -0.493 e. The van der Waals surface area contributed by atoms with Gasteiger partial charge < -0.3 is 24.8 Å². The maximum absolute atomic E-state index is 15.2. The van der Waals surface area contributed by atoms with Crippen molar-refractivity contribution < 1.29 is 32.6 Å². The monoisotopic (exact) mass is 595 g/mol. The highest BCUT2D eigenvalue weighted by Crippen LogP contribution is 2.47. The smallest absolute Gasteiger partial charge is 0.240 e. The van der Waals surface area contributed by atoms with Crippen LogP contribution in [0, 0.1) is 17.0 Å². The molecule has 1 aromatic heterocycles. The molecule has 0 spiro atoms. The number of benzene rings is 4. The first-order valence-corrected chi connectivity index (χ1v) is 13.8. The third-order valence-corrected chi connectivity index (χ3v) is 7.36. The summed E-state index contributed by atoms with van der Waals surface area (Å²) in [5, 5.41) is 5.86. The van der Waals surface area contributed by atoms with Gasteiger partial charge in [-0.25, -0.2) is 8.78 Å². The number of ether oxygens (including phenoxy) is 3. The van der Waals surface area contributed by atoms with Crippen LogP contribution < -0.4 is 24.8 Å². The first-order chi connectivity index (χ1) is 21.3. The lowest BCUT2D eigenvalue weighted by molar-refractivity contribution is -0.131. The number of anilines is 2. The van der Waals surface area contributed by atoms with Crippen LogP contribution in [0.15, 0.2) is 97.2 Å². The molecule has 0 bridgehead atoms. The van der Waals surface area contributed by atoms with Gasteiger partial charge in [0.25, 0.3) is 0 Å². The minimum absolute atomic E-state index is 0.0749. The lowest BCUT2D eigenvalue weighted by atomic mass is 10.0. The Morgan fingerprint density at radius 3 is 2.18 bits per heavy atom. The van der Waals surface area contributed by atoms with E-state index in [-0.39, 0.29) is 11.4 Å². The predicted molar refractivity (Wildman–Crippen MR) is 161 cm³/mol. The van der Waals surface area contributed by atoms with Crippen LogP contribution in [0.4, 0.5) is 20.2 Å². The first kappa shape index (κ1) is 28.6. The maximum atomic E-state index is 15.2. The normalized spacial score (nSPS) is 13.2. The summed E-state index contributed by atoms with van der Waals surface area (Å²) in [6.07, 6.45) is 2.23. The zero-order valence-corrected chi connectivity index (χ0v) is 23.6. The van der Waals surface area contributed by atoms with Gasteiger partial charge in [-0.15, -0.1) is 0 Å². The van der Waals surface area contributed by atoms with Crippen LogP contribution in [0.1, 0.15) is 18.4 Å². The summed E-state index contributed by atoms with van der Waals surface area (Å²) in [5.41, 5.74) is 0.820. The van der Waals surface area contributed by atoms with Gasteiger partial charge in [-0.1, -0.05) is 30.3 Å². The Morgan fingerprint density at radius 1 is 0.795 bits per heavy atom. The Kier molecular flexibility index (Phi) is 7.80. The highest BCUT2D eigenvalue weighted by Gasteiger charge is 2.56. The summed E-state index contributed by atoms with van der Waals surface area (Å²) in [6.45, 7) is 0.340. The van der Waals surface area contributed by atoms with Crippen LogP contribution in [0.3, 0.4) is 0 Å². The number of halogens is 2. The molecule has 0 aliphatic heterocycles. The Bertz CT molecular complexity index is 1840. The van der Waals surface area contributed by atoms with Crippen LogP contribution in [-0.4, -0.2) is 23.9 Å². The zero-order valence-electron chi connectivity index (χ0n) is 23.6. The summed E-state index contributed by atoms with van der Waals surface area (Å²) >= 11 is 0. The van der Waals surface area contributed by atoms with E-state index in [1.165, 1.54) is 43.5 Å². The maximum Gasteiger partial charge on any atom is 0.240 e. The van der Waals surface area contributed by atoms with Crippen molar-refractivity contribution in [1.29, 1.82) is 0 Å². The number of carbonyl (C=O) groups excluding carboxylic acids is 2. The molecule has 2 amide bonds. The lowest BCUT2D eigenvalue weighted by Crippen LogP contribution is -2.35. The highest BCUT2D eigenvalue weighted by atomic mass is 19.1. The quantitative estimate of drug-likeness (QED) is 0.165. The van der Waals surface area contributed by atoms with E-state index in [0.29, 0.717) is 53.3 Å². The molecule has 0 radical (unpaired) electrons. The molecular weight excluding hydrogens is 568 g/mol.